The molecule has 3 fully saturated rings. The molecule has 2 aliphatic heterocycles. The van der Waals surface area contributed by atoms with Gasteiger partial charge in [0, 0.05) is 19.0 Å². The molecule has 20 heavy (non-hydrogen) atoms. The highest BCUT2D eigenvalue weighted by atomic mass is 16.5. The predicted octanol–water partition coefficient (Wildman–Crippen LogP) is 1.09. The highest BCUT2D eigenvalue weighted by molar-refractivity contribution is 6.03. The zero-order valence-electron chi connectivity index (χ0n) is 12.6. The summed E-state index contributed by atoms with van der Waals surface area (Å²) in [4.78, 5) is 29.2. The molecule has 0 spiro atoms. The second kappa shape index (κ2) is 4.53. The molecule has 0 unspecified atom stereocenters. The third kappa shape index (κ3) is 1.76. The molecule has 112 valence electrons. The van der Waals surface area contributed by atoms with Gasteiger partial charge in [0.25, 0.3) is 0 Å². The Hall–Kier alpha value is -0.940. The molecule has 2 amide bonds. The largest absolute Gasteiger partial charge is 0.379 e. The number of hydrogen-bond acceptors (Lipinski definition) is 4. The first-order valence-electron chi connectivity index (χ1n) is 7.54. The molecular weight excluding hydrogens is 256 g/mol. The number of rotatable bonds is 2. The van der Waals surface area contributed by atoms with Crippen molar-refractivity contribution in [1.29, 1.82) is 0 Å². The summed E-state index contributed by atoms with van der Waals surface area (Å²) in [5.41, 5.74) is -0.611. The van der Waals surface area contributed by atoms with Crippen molar-refractivity contribution in [2.24, 2.45) is 16.7 Å². The third-order valence-electron chi connectivity index (χ3n) is 5.95. The number of ether oxygens (including phenoxy) is 1. The van der Waals surface area contributed by atoms with E-state index in [9.17, 15) is 9.59 Å². The van der Waals surface area contributed by atoms with E-state index in [1.54, 1.807) is 0 Å². The van der Waals surface area contributed by atoms with E-state index in [0.717, 1.165) is 25.9 Å². The zero-order valence-corrected chi connectivity index (χ0v) is 12.6. The first kappa shape index (κ1) is 14.0. The minimum absolute atomic E-state index is 0.00811. The fourth-order valence-electron chi connectivity index (χ4n) is 3.98. The minimum Gasteiger partial charge on any atom is -0.379 e. The first-order valence-corrected chi connectivity index (χ1v) is 7.54. The fraction of sp³-hybridized carbons (Fsp3) is 0.867. The van der Waals surface area contributed by atoms with Gasteiger partial charge in [-0.3, -0.25) is 19.4 Å². The van der Waals surface area contributed by atoms with Gasteiger partial charge in [0.15, 0.2) is 0 Å². The smallest absolute Gasteiger partial charge is 0.236 e. The fourth-order valence-corrected chi connectivity index (χ4v) is 3.98. The Morgan fingerprint density at radius 3 is 2.50 bits per heavy atom. The molecule has 2 saturated heterocycles. The number of imide groups is 1. The molecular formula is C15H24N2O3. The van der Waals surface area contributed by atoms with Crippen molar-refractivity contribution < 1.29 is 14.3 Å². The summed E-state index contributed by atoms with van der Waals surface area (Å²) >= 11 is 0. The van der Waals surface area contributed by atoms with Crippen LogP contribution in [0.15, 0.2) is 0 Å². The molecule has 1 aliphatic carbocycles. The summed E-state index contributed by atoms with van der Waals surface area (Å²) in [5.74, 6) is 0.0421. The molecule has 1 saturated carbocycles. The molecule has 5 nitrogen and oxygen atoms in total. The van der Waals surface area contributed by atoms with Gasteiger partial charge in [-0.2, -0.15) is 0 Å². The number of fused-ring (bicyclic) bond motifs is 2. The van der Waals surface area contributed by atoms with E-state index in [-0.39, 0.29) is 23.1 Å². The maximum Gasteiger partial charge on any atom is 0.236 e. The van der Waals surface area contributed by atoms with Crippen molar-refractivity contribution in [2.45, 2.75) is 33.6 Å². The van der Waals surface area contributed by atoms with Crippen molar-refractivity contribution in [3.05, 3.63) is 0 Å². The van der Waals surface area contributed by atoms with Crippen molar-refractivity contribution >= 4 is 11.8 Å². The highest BCUT2D eigenvalue weighted by Crippen LogP contribution is 2.59. The molecule has 0 aromatic carbocycles. The predicted molar refractivity (Wildman–Crippen MR) is 73.7 cm³/mol. The topological polar surface area (TPSA) is 49.9 Å². The van der Waals surface area contributed by atoms with Crippen LogP contribution in [0.1, 0.15) is 33.6 Å². The van der Waals surface area contributed by atoms with Gasteiger partial charge in [-0.1, -0.05) is 20.8 Å². The van der Waals surface area contributed by atoms with Crippen LogP contribution in [0.4, 0.5) is 0 Å². The molecule has 3 rings (SSSR count). The average molecular weight is 280 g/mol. The van der Waals surface area contributed by atoms with Crippen LogP contribution < -0.4 is 0 Å². The highest BCUT2D eigenvalue weighted by Gasteiger charge is 2.64. The van der Waals surface area contributed by atoms with E-state index >= 15 is 0 Å². The van der Waals surface area contributed by atoms with Crippen molar-refractivity contribution in [2.75, 3.05) is 33.0 Å². The molecule has 3 aliphatic rings. The van der Waals surface area contributed by atoms with E-state index in [2.05, 4.69) is 18.7 Å². The Balaban J connectivity index is 1.83. The quantitative estimate of drug-likeness (QED) is 0.710. The zero-order chi connectivity index (χ0) is 14.5. The first-order chi connectivity index (χ1) is 9.38. The molecule has 0 aromatic rings. The van der Waals surface area contributed by atoms with Gasteiger partial charge in [0.2, 0.25) is 11.8 Å². The third-order valence-corrected chi connectivity index (χ3v) is 5.95. The molecule has 2 bridgehead atoms. The van der Waals surface area contributed by atoms with Gasteiger partial charge in [-0.05, 0) is 18.3 Å². The number of morpholine rings is 1. The number of piperidine rings is 1. The van der Waals surface area contributed by atoms with Crippen molar-refractivity contribution in [3.63, 3.8) is 0 Å². The Labute approximate surface area is 120 Å². The minimum atomic E-state index is -0.391. The van der Waals surface area contributed by atoms with Crippen LogP contribution in [0.25, 0.3) is 0 Å². The lowest BCUT2D eigenvalue weighted by atomic mass is 9.62. The Morgan fingerprint density at radius 1 is 1.20 bits per heavy atom. The van der Waals surface area contributed by atoms with E-state index < -0.39 is 5.41 Å². The van der Waals surface area contributed by atoms with Crippen LogP contribution >= 0.6 is 0 Å². The summed E-state index contributed by atoms with van der Waals surface area (Å²) in [6.07, 6.45) is 1.67. The van der Waals surface area contributed by atoms with Gasteiger partial charge in [-0.25, -0.2) is 0 Å². The normalized spacial score (nSPS) is 37.5. The van der Waals surface area contributed by atoms with Gasteiger partial charge >= 0.3 is 0 Å². The van der Waals surface area contributed by atoms with Crippen LogP contribution in [0, 0.1) is 16.7 Å². The van der Waals surface area contributed by atoms with Crippen LogP contribution in [0.5, 0.6) is 0 Å². The molecule has 2 heterocycles. The summed E-state index contributed by atoms with van der Waals surface area (Å²) in [6.45, 7) is 9.57. The lowest BCUT2D eigenvalue weighted by Crippen LogP contribution is -2.61. The van der Waals surface area contributed by atoms with E-state index in [1.165, 1.54) is 4.90 Å². The van der Waals surface area contributed by atoms with Crippen LogP contribution in [-0.2, 0) is 14.3 Å². The summed E-state index contributed by atoms with van der Waals surface area (Å²) < 4.78 is 5.32. The lowest BCUT2D eigenvalue weighted by Gasteiger charge is -2.48. The monoisotopic (exact) mass is 280 g/mol. The van der Waals surface area contributed by atoms with E-state index in [1.807, 2.05) is 6.92 Å². The Kier molecular flexibility index (Phi) is 3.18. The number of carbonyl (C=O) groups excluding carboxylic acids is 2. The number of hydrogen-bond donors (Lipinski definition) is 0. The summed E-state index contributed by atoms with van der Waals surface area (Å²) in [7, 11) is 0. The maximum absolute atomic E-state index is 12.9. The van der Waals surface area contributed by atoms with Crippen LogP contribution in [-0.4, -0.2) is 54.6 Å². The number of nitrogens with zero attached hydrogens (tertiary/aromatic N) is 2. The molecule has 2 atom stereocenters. The SMILES string of the molecule is CC1(C)[C@@H]2CC[C@]1(C)C(=O)N(CN1CCOCC1)C2=O. The molecule has 5 heteroatoms. The second-order valence-corrected chi connectivity index (χ2v) is 7.09. The van der Waals surface area contributed by atoms with Crippen molar-refractivity contribution in [1.82, 2.24) is 9.80 Å². The lowest BCUT2D eigenvalue weighted by molar-refractivity contribution is -0.171. The van der Waals surface area contributed by atoms with Crippen LogP contribution in [0.3, 0.4) is 0 Å². The Morgan fingerprint density at radius 2 is 1.85 bits per heavy atom. The standard InChI is InChI=1S/C15H24N2O3/c1-14(2)11-4-5-15(14,3)13(19)17(12(11)18)10-16-6-8-20-9-7-16/h11H,4-10H2,1-3H3/t11-,15-/m1/s1. The number of carbonyl (C=O) groups is 2. The number of likely N-dealkylation sites (tertiary alicyclic amines) is 1. The second-order valence-electron chi connectivity index (χ2n) is 7.09. The van der Waals surface area contributed by atoms with Gasteiger partial charge < -0.3 is 4.74 Å². The van der Waals surface area contributed by atoms with E-state index in [0.29, 0.717) is 19.9 Å². The summed E-state index contributed by atoms with van der Waals surface area (Å²) in [6, 6.07) is 0. The molecule has 0 radical (unpaired) electrons. The van der Waals surface area contributed by atoms with Gasteiger partial charge in [0.1, 0.15) is 0 Å². The maximum atomic E-state index is 12.9. The van der Waals surface area contributed by atoms with Gasteiger partial charge in [-0.15, -0.1) is 0 Å². The summed E-state index contributed by atoms with van der Waals surface area (Å²) in [5, 5.41) is 0. The Bertz CT molecular complexity index is 442. The molecule has 0 N–H and O–H groups in total. The van der Waals surface area contributed by atoms with E-state index in [4.69, 9.17) is 4.74 Å². The van der Waals surface area contributed by atoms with Gasteiger partial charge in [0.05, 0.1) is 25.3 Å². The number of amides is 2. The van der Waals surface area contributed by atoms with Crippen LogP contribution in [0.2, 0.25) is 0 Å². The molecule has 0 aromatic heterocycles. The van der Waals surface area contributed by atoms with Crippen molar-refractivity contribution in [3.8, 4) is 0 Å². The average Bonchev–Trinajstić information content (AvgIpc) is 2.61.